The fourth-order valence-electron chi connectivity index (χ4n) is 3.90. The molecule has 32 heavy (non-hydrogen) atoms. The van der Waals surface area contributed by atoms with Gasteiger partial charge in [-0.2, -0.15) is 0 Å². The number of carbonyl (C=O) groups excluding carboxylic acids is 1. The molecule has 0 saturated carbocycles. The Morgan fingerprint density at radius 1 is 0.906 bits per heavy atom. The first-order chi connectivity index (χ1) is 15.6. The van der Waals surface area contributed by atoms with Crippen LogP contribution in [0.3, 0.4) is 0 Å². The van der Waals surface area contributed by atoms with E-state index < -0.39 is 17.7 Å². The third-order valence-corrected chi connectivity index (χ3v) is 5.51. The Labute approximate surface area is 184 Å². The van der Waals surface area contributed by atoms with Gasteiger partial charge in [-0.3, -0.25) is 14.7 Å². The number of halogens is 2. The topological polar surface area (TPSA) is 45.0 Å². The number of benzene rings is 3. The molecule has 0 aliphatic carbocycles. The summed E-state index contributed by atoms with van der Waals surface area (Å²) in [5.74, 6) is -1.11. The lowest BCUT2D eigenvalue weighted by Crippen LogP contribution is -2.38. The maximum atomic E-state index is 14.2. The Morgan fingerprint density at radius 3 is 2.34 bits per heavy atom. The summed E-state index contributed by atoms with van der Waals surface area (Å²) in [5, 5.41) is 0. The Hall–Kier alpha value is -3.93. The van der Waals surface area contributed by atoms with Crippen LogP contribution in [0.25, 0.3) is 5.70 Å². The molecule has 4 nitrogen and oxygen atoms in total. The van der Waals surface area contributed by atoms with E-state index in [4.69, 9.17) is 4.99 Å². The number of aliphatic imine (C=N–C) groups is 2. The Morgan fingerprint density at radius 2 is 1.62 bits per heavy atom. The average molecular weight is 427 g/mol. The predicted molar refractivity (Wildman–Crippen MR) is 120 cm³/mol. The molecule has 2 aliphatic rings. The van der Waals surface area contributed by atoms with Crippen LogP contribution in [0.15, 0.2) is 95.0 Å². The van der Waals surface area contributed by atoms with Gasteiger partial charge in [-0.05, 0) is 17.2 Å². The minimum Gasteiger partial charge on any atom is -0.272 e. The first-order valence-corrected chi connectivity index (χ1v) is 10.3. The Bertz CT molecular complexity index is 1270. The van der Waals surface area contributed by atoms with Gasteiger partial charge < -0.3 is 0 Å². The van der Waals surface area contributed by atoms with Crippen LogP contribution in [-0.4, -0.2) is 28.4 Å². The molecule has 0 spiro atoms. The summed E-state index contributed by atoms with van der Waals surface area (Å²) in [6.45, 7) is 0. The zero-order valence-corrected chi connectivity index (χ0v) is 17.1. The lowest BCUT2D eigenvalue weighted by molar-refractivity contribution is -0.125. The maximum absolute atomic E-state index is 14.2. The van der Waals surface area contributed by atoms with Gasteiger partial charge in [0.2, 0.25) is 0 Å². The molecule has 3 aromatic carbocycles. The van der Waals surface area contributed by atoms with Gasteiger partial charge in [-0.15, -0.1) is 0 Å². The highest BCUT2D eigenvalue weighted by Gasteiger charge is 2.38. The van der Waals surface area contributed by atoms with Gasteiger partial charge in [0.25, 0.3) is 5.91 Å². The van der Waals surface area contributed by atoms with E-state index in [2.05, 4.69) is 4.99 Å². The molecular formula is C26H19F2N3O. The van der Waals surface area contributed by atoms with Crippen molar-refractivity contribution >= 4 is 23.2 Å². The summed E-state index contributed by atoms with van der Waals surface area (Å²) < 4.78 is 27.5. The molecule has 6 heteroatoms. The molecule has 0 N–H and O–H groups in total. The Kier molecular flexibility index (Phi) is 5.19. The Balaban J connectivity index is 1.51. The second-order valence-corrected chi connectivity index (χ2v) is 7.72. The van der Waals surface area contributed by atoms with Crippen molar-refractivity contribution in [3.8, 4) is 0 Å². The smallest absolute Gasteiger partial charge is 0.257 e. The largest absolute Gasteiger partial charge is 0.272 e. The number of hydrogen-bond donors (Lipinski definition) is 0. The van der Waals surface area contributed by atoms with Gasteiger partial charge in [-0.25, -0.2) is 13.8 Å². The van der Waals surface area contributed by atoms with E-state index in [1.165, 1.54) is 17.0 Å². The molecule has 2 heterocycles. The number of nitrogens with zero attached hydrogens (tertiary/aromatic N) is 3. The van der Waals surface area contributed by atoms with Crippen molar-refractivity contribution in [3.63, 3.8) is 0 Å². The molecule has 1 unspecified atom stereocenters. The van der Waals surface area contributed by atoms with Crippen molar-refractivity contribution in [2.45, 2.75) is 18.9 Å². The van der Waals surface area contributed by atoms with Gasteiger partial charge in [0, 0.05) is 30.7 Å². The molecule has 158 valence electrons. The molecule has 0 bridgehead atoms. The predicted octanol–water partition coefficient (Wildman–Crippen LogP) is 4.81. The molecule has 1 atom stereocenters. The summed E-state index contributed by atoms with van der Waals surface area (Å²) in [6, 6.07) is 22.0. The molecule has 0 saturated heterocycles. The standard InChI is InChI=1S/C26H19F2N3O/c27-20-12-11-19(21(28)15-20)14-23-26(32)31-16-24(18-9-5-2-6-10-18)29-22(25(31)30-23)13-17-7-3-1-4-8-17/h1-12,15-16,23H,13-14H2. The van der Waals surface area contributed by atoms with Crippen molar-refractivity contribution in [1.29, 1.82) is 0 Å². The number of amidine groups is 1. The molecule has 5 rings (SSSR count). The molecule has 2 aliphatic heterocycles. The lowest BCUT2D eigenvalue weighted by Gasteiger charge is -2.22. The number of hydrogen-bond acceptors (Lipinski definition) is 3. The van der Waals surface area contributed by atoms with E-state index in [1.54, 1.807) is 6.20 Å². The number of rotatable bonds is 5. The zero-order valence-electron chi connectivity index (χ0n) is 17.1. The van der Waals surface area contributed by atoms with Crippen molar-refractivity contribution in [1.82, 2.24) is 4.90 Å². The normalized spacial score (nSPS) is 17.6. The first-order valence-electron chi connectivity index (χ1n) is 10.3. The SMILES string of the molecule is O=C1C(Cc2ccc(F)cc2F)N=C2C(Cc3ccccc3)=NC(c3ccccc3)=CN12. The number of fused-ring (bicyclic) bond motifs is 1. The third kappa shape index (κ3) is 3.87. The molecule has 3 aromatic rings. The highest BCUT2D eigenvalue weighted by molar-refractivity contribution is 6.47. The summed E-state index contributed by atoms with van der Waals surface area (Å²) >= 11 is 0. The van der Waals surface area contributed by atoms with Crippen molar-refractivity contribution in [2.24, 2.45) is 9.98 Å². The van der Waals surface area contributed by atoms with Gasteiger partial charge in [0.05, 0.1) is 11.4 Å². The van der Waals surface area contributed by atoms with Crippen LogP contribution in [0.4, 0.5) is 8.78 Å². The number of carbonyl (C=O) groups is 1. The van der Waals surface area contributed by atoms with E-state index in [-0.39, 0.29) is 17.9 Å². The van der Waals surface area contributed by atoms with E-state index in [9.17, 15) is 13.6 Å². The van der Waals surface area contributed by atoms with Crippen LogP contribution in [0.5, 0.6) is 0 Å². The van der Waals surface area contributed by atoms with Crippen LogP contribution in [0.2, 0.25) is 0 Å². The van der Waals surface area contributed by atoms with Crippen LogP contribution in [0.1, 0.15) is 16.7 Å². The highest BCUT2D eigenvalue weighted by Crippen LogP contribution is 2.28. The molecule has 0 aromatic heterocycles. The van der Waals surface area contributed by atoms with E-state index in [0.717, 1.165) is 17.2 Å². The second-order valence-electron chi connectivity index (χ2n) is 7.72. The summed E-state index contributed by atoms with van der Waals surface area (Å²) in [4.78, 5) is 24.2. The van der Waals surface area contributed by atoms with Crippen LogP contribution >= 0.6 is 0 Å². The second kappa shape index (κ2) is 8.30. The number of amides is 1. The van der Waals surface area contributed by atoms with Gasteiger partial charge in [-0.1, -0.05) is 66.7 Å². The van der Waals surface area contributed by atoms with E-state index in [1.807, 2.05) is 60.7 Å². The maximum Gasteiger partial charge on any atom is 0.257 e. The minimum absolute atomic E-state index is 0.0536. The zero-order chi connectivity index (χ0) is 22.1. The summed E-state index contributed by atoms with van der Waals surface area (Å²) in [5.41, 5.74) is 3.52. The molecule has 0 fully saturated rings. The molecular weight excluding hydrogens is 408 g/mol. The third-order valence-electron chi connectivity index (χ3n) is 5.51. The molecule has 1 amide bonds. The van der Waals surface area contributed by atoms with E-state index >= 15 is 0 Å². The van der Waals surface area contributed by atoms with Crippen molar-refractivity contribution < 1.29 is 13.6 Å². The van der Waals surface area contributed by atoms with Crippen molar-refractivity contribution in [3.05, 3.63) is 113 Å². The van der Waals surface area contributed by atoms with Crippen LogP contribution in [-0.2, 0) is 17.6 Å². The minimum atomic E-state index is -0.794. The summed E-state index contributed by atoms with van der Waals surface area (Å²) in [7, 11) is 0. The summed E-state index contributed by atoms with van der Waals surface area (Å²) in [6.07, 6.45) is 2.25. The fraction of sp³-hybridized carbons (Fsp3) is 0.115. The molecule has 0 radical (unpaired) electrons. The first kappa shape index (κ1) is 20.0. The monoisotopic (exact) mass is 427 g/mol. The van der Waals surface area contributed by atoms with Gasteiger partial charge in [0.1, 0.15) is 17.7 Å². The van der Waals surface area contributed by atoms with Crippen LogP contribution in [0, 0.1) is 11.6 Å². The van der Waals surface area contributed by atoms with Crippen LogP contribution < -0.4 is 0 Å². The lowest BCUT2D eigenvalue weighted by atomic mass is 10.0. The highest BCUT2D eigenvalue weighted by atomic mass is 19.1. The quantitative estimate of drug-likeness (QED) is 0.576. The van der Waals surface area contributed by atoms with Crippen molar-refractivity contribution in [2.75, 3.05) is 0 Å². The van der Waals surface area contributed by atoms with E-state index in [0.29, 0.717) is 23.7 Å². The average Bonchev–Trinajstić information content (AvgIpc) is 3.13. The van der Waals surface area contributed by atoms with Gasteiger partial charge in [0.15, 0.2) is 5.84 Å². The van der Waals surface area contributed by atoms with Gasteiger partial charge >= 0.3 is 0 Å². The fourth-order valence-corrected chi connectivity index (χ4v) is 3.90.